The summed E-state index contributed by atoms with van der Waals surface area (Å²) in [7, 11) is 0. The lowest BCUT2D eigenvalue weighted by Gasteiger charge is -2.35. The predicted octanol–water partition coefficient (Wildman–Crippen LogP) is 5.11. The Kier molecular flexibility index (Phi) is 5.40. The summed E-state index contributed by atoms with van der Waals surface area (Å²) in [6, 6.07) is 6.25. The standard InChI is InChI=1S/C20H19Cl2F3N4/c1-10(12-3-2-11(21)6-13(12)22)29-19-8-16(25)15(24)7-18(19)27-20(29)28-5-4-14(23)17(26)9-28/h2-3,6-8,10,14,17H,4-5,9,26H2,1H3/t10?,14?,17-/m1/s1. The Morgan fingerprint density at radius 2 is 1.90 bits per heavy atom. The molecule has 29 heavy (non-hydrogen) atoms. The van der Waals surface area contributed by atoms with E-state index in [9.17, 15) is 13.2 Å². The summed E-state index contributed by atoms with van der Waals surface area (Å²) in [5, 5.41) is 0.935. The second-order valence-corrected chi connectivity index (χ2v) is 8.14. The maximum atomic E-state index is 14.0. The molecule has 3 aromatic rings. The third-order valence-electron chi connectivity index (χ3n) is 5.37. The Morgan fingerprint density at radius 3 is 2.59 bits per heavy atom. The SMILES string of the molecule is CC(c1ccc(Cl)cc1Cl)n1c(N2CCC(F)[C@H](N)C2)nc2cc(F)c(F)cc21. The van der Waals surface area contributed by atoms with Gasteiger partial charge in [-0.3, -0.25) is 0 Å². The number of piperidine rings is 1. The molecular weight excluding hydrogens is 424 g/mol. The van der Waals surface area contributed by atoms with Crippen LogP contribution in [0, 0.1) is 11.6 Å². The summed E-state index contributed by atoms with van der Waals surface area (Å²) in [5.74, 6) is -1.49. The highest BCUT2D eigenvalue weighted by Crippen LogP contribution is 2.36. The van der Waals surface area contributed by atoms with E-state index in [1.165, 1.54) is 0 Å². The van der Waals surface area contributed by atoms with Crippen LogP contribution in [-0.2, 0) is 0 Å². The van der Waals surface area contributed by atoms with Crippen LogP contribution in [0.3, 0.4) is 0 Å². The van der Waals surface area contributed by atoms with Crippen LogP contribution in [0.2, 0.25) is 10.0 Å². The third-order valence-corrected chi connectivity index (χ3v) is 5.93. The van der Waals surface area contributed by atoms with Crippen molar-refractivity contribution in [2.75, 3.05) is 18.0 Å². The summed E-state index contributed by atoms with van der Waals surface area (Å²) in [5.41, 5.74) is 7.37. The number of benzene rings is 2. The van der Waals surface area contributed by atoms with E-state index >= 15 is 0 Å². The van der Waals surface area contributed by atoms with Crippen LogP contribution in [0.25, 0.3) is 11.0 Å². The van der Waals surface area contributed by atoms with Crippen molar-refractivity contribution in [2.45, 2.75) is 31.6 Å². The molecule has 0 amide bonds. The fourth-order valence-corrected chi connectivity index (χ4v) is 4.36. The van der Waals surface area contributed by atoms with Gasteiger partial charge in [-0.25, -0.2) is 18.2 Å². The molecule has 4 nitrogen and oxygen atoms in total. The third kappa shape index (κ3) is 3.67. The maximum Gasteiger partial charge on any atom is 0.207 e. The van der Waals surface area contributed by atoms with Crippen molar-refractivity contribution in [3.63, 3.8) is 0 Å². The number of aromatic nitrogens is 2. The molecule has 0 radical (unpaired) electrons. The molecule has 0 bridgehead atoms. The minimum absolute atomic E-state index is 0.247. The van der Waals surface area contributed by atoms with Gasteiger partial charge in [-0.2, -0.15) is 0 Å². The van der Waals surface area contributed by atoms with Gasteiger partial charge in [0.2, 0.25) is 5.95 Å². The van der Waals surface area contributed by atoms with Gasteiger partial charge < -0.3 is 15.2 Å². The Bertz CT molecular complexity index is 1070. The zero-order valence-corrected chi connectivity index (χ0v) is 17.1. The zero-order chi connectivity index (χ0) is 20.9. The van der Waals surface area contributed by atoms with Crippen molar-refractivity contribution >= 4 is 40.2 Å². The fourth-order valence-electron chi connectivity index (χ4n) is 3.80. The van der Waals surface area contributed by atoms with Crippen LogP contribution in [0.4, 0.5) is 19.1 Å². The first-order valence-electron chi connectivity index (χ1n) is 9.22. The summed E-state index contributed by atoms with van der Waals surface area (Å²) in [4.78, 5) is 6.37. The van der Waals surface area contributed by atoms with E-state index in [2.05, 4.69) is 4.98 Å². The van der Waals surface area contributed by atoms with Crippen LogP contribution in [0.15, 0.2) is 30.3 Å². The van der Waals surface area contributed by atoms with Gasteiger partial charge in [0.25, 0.3) is 0 Å². The van der Waals surface area contributed by atoms with Crippen molar-refractivity contribution in [3.8, 4) is 0 Å². The lowest BCUT2D eigenvalue weighted by molar-refractivity contribution is 0.243. The largest absolute Gasteiger partial charge is 0.340 e. The number of fused-ring (bicyclic) bond motifs is 1. The molecule has 0 spiro atoms. The van der Waals surface area contributed by atoms with Crippen LogP contribution in [0.5, 0.6) is 0 Å². The number of nitrogens with two attached hydrogens (primary N) is 1. The minimum atomic E-state index is -1.10. The molecule has 2 heterocycles. The zero-order valence-electron chi connectivity index (χ0n) is 15.5. The summed E-state index contributed by atoms with van der Waals surface area (Å²) in [6.45, 7) is 2.52. The molecule has 2 aromatic carbocycles. The Hall–Kier alpha value is -1.96. The fraction of sp³-hybridized carbons (Fsp3) is 0.350. The van der Waals surface area contributed by atoms with Crippen LogP contribution < -0.4 is 10.6 Å². The van der Waals surface area contributed by atoms with E-state index in [-0.39, 0.29) is 19.0 Å². The lowest BCUT2D eigenvalue weighted by atomic mass is 10.0. The van der Waals surface area contributed by atoms with E-state index in [1.54, 1.807) is 22.8 Å². The van der Waals surface area contributed by atoms with E-state index in [0.29, 0.717) is 33.6 Å². The molecule has 1 fully saturated rings. The number of halogens is 5. The maximum absolute atomic E-state index is 14.0. The van der Waals surface area contributed by atoms with Gasteiger partial charge in [0.15, 0.2) is 11.6 Å². The predicted molar refractivity (Wildman–Crippen MR) is 110 cm³/mol. The lowest BCUT2D eigenvalue weighted by Crippen LogP contribution is -2.50. The summed E-state index contributed by atoms with van der Waals surface area (Å²) < 4.78 is 43.5. The second-order valence-electron chi connectivity index (χ2n) is 7.29. The molecule has 3 atom stereocenters. The van der Waals surface area contributed by atoms with Crippen molar-refractivity contribution in [1.82, 2.24) is 9.55 Å². The molecule has 1 aromatic heterocycles. The van der Waals surface area contributed by atoms with Gasteiger partial charge in [-0.15, -0.1) is 0 Å². The smallest absolute Gasteiger partial charge is 0.207 e. The highest BCUT2D eigenvalue weighted by Gasteiger charge is 2.31. The van der Waals surface area contributed by atoms with Gasteiger partial charge in [-0.1, -0.05) is 29.3 Å². The van der Waals surface area contributed by atoms with Crippen LogP contribution in [-0.4, -0.2) is 34.9 Å². The first kappa shape index (κ1) is 20.3. The second kappa shape index (κ2) is 7.70. The monoisotopic (exact) mass is 442 g/mol. The van der Waals surface area contributed by atoms with Crippen molar-refractivity contribution < 1.29 is 13.2 Å². The number of imidazole rings is 1. The summed E-state index contributed by atoms with van der Waals surface area (Å²) >= 11 is 12.4. The van der Waals surface area contributed by atoms with E-state index in [0.717, 1.165) is 17.7 Å². The molecule has 1 aliphatic rings. The van der Waals surface area contributed by atoms with Gasteiger partial charge in [-0.05, 0) is 31.0 Å². The Labute approximate surface area is 176 Å². The normalized spacial score (nSPS) is 21.0. The quantitative estimate of drug-likeness (QED) is 0.613. The average molecular weight is 443 g/mol. The number of hydrogen-bond acceptors (Lipinski definition) is 3. The molecule has 154 valence electrons. The Balaban J connectivity index is 1.89. The van der Waals surface area contributed by atoms with Crippen molar-refractivity contribution in [2.24, 2.45) is 5.73 Å². The van der Waals surface area contributed by atoms with Gasteiger partial charge in [0, 0.05) is 35.3 Å². The summed E-state index contributed by atoms with van der Waals surface area (Å²) in [6.07, 6.45) is -0.842. The van der Waals surface area contributed by atoms with Crippen molar-refractivity contribution in [3.05, 3.63) is 57.6 Å². The molecule has 2 unspecified atom stereocenters. The molecule has 4 rings (SSSR count). The molecule has 1 aliphatic heterocycles. The van der Waals surface area contributed by atoms with Gasteiger partial charge >= 0.3 is 0 Å². The van der Waals surface area contributed by atoms with Crippen LogP contribution in [0.1, 0.15) is 24.9 Å². The van der Waals surface area contributed by atoms with E-state index in [1.807, 2.05) is 11.8 Å². The highest BCUT2D eigenvalue weighted by molar-refractivity contribution is 6.35. The molecule has 0 aliphatic carbocycles. The first-order valence-corrected chi connectivity index (χ1v) is 9.98. The van der Waals surface area contributed by atoms with E-state index < -0.39 is 23.8 Å². The van der Waals surface area contributed by atoms with Crippen LogP contribution >= 0.6 is 23.2 Å². The van der Waals surface area contributed by atoms with E-state index in [4.69, 9.17) is 28.9 Å². The average Bonchev–Trinajstić information content (AvgIpc) is 3.02. The topological polar surface area (TPSA) is 47.1 Å². The molecule has 0 saturated carbocycles. The first-order chi connectivity index (χ1) is 13.8. The number of alkyl halides is 1. The number of rotatable bonds is 3. The van der Waals surface area contributed by atoms with Crippen molar-refractivity contribution in [1.29, 1.82) is 0 Å². The van der Waals surface area contributed by atoms with Gasteiger partial charge in [0.05, 0.1) is 23.1 Å². The minimum Gasteiger partial charge on any atom is -0.340 e. The molecular formula is C20H19Cl2F3N4. The number of nitrogens with zero attached hydrogens (tertiary/aromatic N) is 3. The molecule has 2 N–H and O–H groups in total. The molecule has 1 saturated heterocycles. The number of hydrogen-bond donors (Lipinski definition) is 1. The Morgan fingerprint density at radius 1 is 1.17 bits per heavy atom. The highest BCUT2D eigenvalue weighted by atomic mass is 35.5. The van der Waals surface area contributed by atoms with Gasteiger partial charge in [0.1, 0.15) is 6.17 Å². The molecule has 9 heteroatoms. The number of anilines is 1.